The van der Waals surface area contributed by atoms with Gasteiger partial charge in [0.2, 0.25) is 0 Å². The summed E-state index contributed by atoms with van der Waals surface area (Å²) in [6.45, 7) is 3.78. The third-order valence-electron chi connectivity index (χ3n) is 2.96. The zero-order valence-electron chi connectivity index (χ0n) is 10.9. The molecule has 0 aliphatic carbocycles. The first kappa shape index (κ1) is 15.2. The molecule has 0 bridgehead atoms. The van der Waals surface area contributed by atoms with E-state index in [0.29, 0.717) is 9.26 Å². The van der Waals surface area contributed by atoms with Crippen molar-refractivity contribution in [2.45, 2.75) is 18.7 Å². The number of halogens is 2. The maximum absolute atomic E-state index is 13.0. The molecule has 0 unspecified atom stereocenters. The summed E-state index contributed by atoms with van der Waals surface area (Å²) in [5.41, 5.74) is 2.30. The Hall–Kier alpha value is -1.15. The molecular formula is C14H13FINO2S. The van der Waals surface area contributed by atoms with E-state index < -0.39 is 15.8 Å². The van der Waals surface area contributed by atoms with Gasteiger partial charge in [0.1, 0.15) is 5.82 Å². The minimum absolute atomic E-state index is 0.195. The molecule has 0 saturated heterocycles. The quantitative estimate of drug-likeness (QED) is 0.789. The fourth-order valence-corrected chi connectivity index (χ4v) is 3.62. The summed E-state index contributed by atoms with van der Waals surface area (Å²) in [6, 6.07) is 8.85. The van der Waals surface area contributed by atoms with E-state index in [1.165, 1.54) is 18.2 Å². The molecule has 0 radical (unpaired) electrons. The van der Waals surface area contributed by atoms with Crippen LogP contribution in [0, 0.1) is 23.2 Å². The molecule has 106 valence electrons. The molecule has 2 aromatic rings. The van der Waals surface area contributed by atoms with Crippen LogP contribution < -0.4 is 4.72 Å². The van der Waals surface area contributed by atoms with Crippen LogP contribution in [0.25, 0.3) is 0 Å². The molecule has 0 fully saturated rings. The number of anilines is 1. The van der Waals surface area contributed by atoms with E-state index in [9.17, 15) is 12.8 Å². The molecule has 3 nitrogen and oxygen atoms in total. The zero-order chi connectivity index (χ0) is 14.9. The second-order valence-electron chi connectivity index (χ2n) is 4.48. The van der Waals surface area contributed by atoms with Crippen molar-refractivity contribution in [3.8, 4) is 0 Å². The van der Waals surface area contributed by atoms with Gasteiger partial charge in [-0.25, -0.2) is 12.8 Å². The molecule has 0 heterocycles. The molecule has 20 heavy (non-hydrogen) atoms. The third kappa shape index (κ3) is 3.29. The zero-order valence-corrected chi connectivity index (χ0v) is 13.9. The molecule has 0 atom stereocenters. The highest BCUT2D eigenvalue weighted by Crippen LogP contribution is 2.23. The van der Waals surface area contributed by atoms with E-state index >= 15 is 0 Å². The van der Waals surface area contributed by atoms with Gasteiger partial charge in [0.25, 0.3) is 10.0 Å². The van der Waals surface area contributed by atoms with E-state index in [1.807, 2.05) is 36.4 Å². The Labute approximate surface area is 131 Å². The smallest absolute Gasteiger partial charge is 0.261 e. The molecular weight excluding hydrogens is 392 g/mol. The number of hydrogen-bond donors (Lipinski definition) is 1. The first-order valence-electron chi connectivity index (χ1n) is 5.85. The van der Waals surface area contributed by atoms with E-state index in [2.05, 4.69) is 4.72 Å². The van der Waals surface area contributed by atoms with Crippen molar-refractivity contribution in [1.82, 2.24) is 0 Å². The summed E-state index contributed by atoms with van der Waals surface area (Å²) in [7, 11) is -3.67. The van der Waals surface area contributed by atoms with Gasteiger partial charge in [-0.3, -0.25) is 4.72 Å². The first-order chi connectivity index (χ1) is 9.29. The number of sulfonamides is 1. The molecule has 1 N–H and O–H groups in total. The van der Waals surface area contributed by atoms with Gasteiger partial charge in [-0.1, -0.05) is 6.07 Å². The molecule has 6 heteroatoms. The van der Waals surface area contributed by atoms with Gasteiger partial charge in [-0.2, -0.15) is 0 Å². The number of nitrogens with one attached hydrogen (secondary N) is 1. The van der Waals surface area contributed by atoms with Gasteiger partial charge in [-0.05, 0) is 77.9 Å². The summed E-state index contributed by atoms with van der Waals surface area (Å²) < 4.78 is 40.6. The second kappa shape index (κ2) is 5.69. The lowest BCUT2D eigenvalue weighted by molar-refractivity contribution is 0.601. The fraction of sp³-hybridized carbons (Fsp3) is 0.143. The highest BCUT2D eigenvalue weighted by Gasteiger charge is 2.16. The number of rotatable bonds is 3. The normalized spacial score (nSPS) is 11.4. The van der Waals surface area contributed by atoms with Gasteiger partial charge >= 0.3 is 0 Å². The molecule has 0 amide bonds. The summed E-state index contributed by atoms with van der Waals surface area (Å²) in [5, 5.41) is 0. The van der Waals surface area contributed by atoms with Crippen molar-refractivity contribution in [3.05, 3.63) is 56.9 Å². The summed E-state index contributed by atoms with van der Waals surface area (Å²) in [5.74, 6) is -0.400. The lowest BCUT2D eigenvalue weighted by atomic mass is 10.1. The van der Waals surface area contributed by atoms with E-state index in [-0.39, 0.29) is 4.90 Å². The van der Waals surface area contributed by atoms with Crippen molar-refractivity contribution < 1.29 is 12.8 Å². The SMILES string of the molecule is Cc1ccc(S(=O)(=O)Nc2ccc(F)cc2I)cc1C. The summed E-state index contributed by atoms with van der Waals surface area (Å²) in [6.07, 6.45) is 0. The van der Waals surface area contributed by atoms with Crippen molar-refractivity contribution in [3.63, 3.8) is 0 Å². The van der Waals surface area contributed by atoms with Crippen LogP contribution in [-0.2, 0) is 10.0 Å². The average molecular weight is 405 g/mol. The number of hydrogen-bond acceptors (Lipinski definition) is 2. The van der Waals surface area contributed by atoms with Gasteiger partial charge in [0.15, 0.2) is 0 Å². The molecule has 0 aromatic heterocycles. The largest absolute Gasteiger partial charge is 0.279 e. The van der Waals surface area contributed by atoms with Crippen molar-refractivity contribution in [2.75, 3.05) is 4.72 Å². The van der Waals surface area contributed by atoms with Crippen LogP contribution in [0.4, 0.5) is 10.1 Å². The minimum Gasteiger partial charge on any atom is -0.279 e. The Kier molecular flexibility index (Phi) is 4.33. The van der Waals surface area contributed by atoms with Crippen LogP contribution in [0.1, 0.15) is 11.1 Å². The van der Waals surface area contributed by atoms with E-state index in [0.717, 1.165) is 11.1 Å². The minimum atomic E-state index is -3.67. The predicted molar refractivity (Wildman–Crippen MR) is 85.8 cm³/mol. The Morgan fingerprint density at radius 3 is 2.35 bits per heavy atom. The highest BCUT2D eigenvalue weighted by atomic mass is 127. The first-order valence-corrected chi connectivity index (χ1v) is 8.41. The molecule has 0 aliphatic heterocycles. The monoisotopic (exact) mass is 405 g/mol. The molecule has 0 saturated carbocycles. The maximum Gasteiger partial charge on any atom is 0.261 e. The molecule has 0 aliphatic rings. The summed E-state index contributed by atoms with van der Waals surface area (Å²) >= 11 is 1.89. The maximum atomic E-state index is 13.0. The van der Waals surface area contributed by atoms with Crippen LogP contribution in [0.3, 0.4) is 0 Å². The number of aryl methyl sites for hydroxylation is 2. The topological polar surface area (TPSA) is 46.2 Å². The Bertz CT molecular complexity index is 760. The third-order valence-corrected chi connectivity index (χ3v) is 5.22. The molecule has 0 spiro atoms. The number of benzene rings is 2. The van der Waals surface area contributed by atoms with Crippen molar-refractivity contribution in [2.24, 2.45) is 0 Å². The summed E-state index contributed by atoms with van der Waals surface area (Å²) in [4.78, 5) is 0.195. The highest BCUT2D eigenvalue weighted by molar-refractivity contribution is 14.1. The van der Waals surface area contributed by atoms with Gasteiger partial charge in [-0.15, -0.1) is 0 Å². The van der Waals surface area contributed by atoms with Gasteiger partial charge in [0.05, 0.1) is 10.6 Å². The Morgan fingerprint density at radius 2 is 1.75 bits per heavy atom. The van der Waals surface area contributed by atoms with Crippen molar-refractivity contribution >= 4 is 38.3 Å². The Balaban J connectivity index is 2.38. The predicted octanol–water partition coefficient (Wildman–Crippen LogP) is 3.85. The standard InChI is InChI=1S/C14H13FINO2S/c1-9-3-5-12(7-10(9)2)20(18,19)17-14-6-4-11(15)8-13(14)16/h3-8,17H,1-2H3. The lowest BCUT2D eigenvalue weighted by Crippen LogP contribution is -2.14. The van der Waals surface area contributed by atoms with Crippen LogP contribution in [-0.4, -0.2) is 8.42 Å². The van der Waals surface area contributed by atoms with Crippen LogP contribution in [0.15, 0.2) is 41.3 Å². The Morgan fingerprint density at radius 1 is 1.05 bits per heavy atom. The van der Waals surface area contributed by atoms with Crippen LogP contribution >= 0.6 is 22.6 Å². The van der Waals surface area contributed by atoms with Crippen molar-refractivity contribution in [1.29, 1.82) is 0 Å². The molecule has 2 rings (SSSR count). The van der Waals surface area contributed by atoms with Crippen LogP contribution in [0.2, 0.25) is 0 Å². The lowest BCUT2D eigenvalue weighted by Gasteiger charge is -2.11. The van der Waals surface area contributed by atoms with E-state index in [1.54, 1.807) is 18.2 Å². The van der Waals surface area contributed by atoms with Gasteiger partial charge in [0, 0.05) is 3.57 Å². The van der Waals surface area contributed by atoms with Crippen LogP contribution in [0.5, 0.6) is 0 Å². The second-order valence-corrected chi connectivity index (χ2v) is 7.32. The van der Waals surface area contributed by atoms with Gasteiger partial charge < -0.3 is 0 Å². The molecule has 2 aromatic carbocycles. The van der Waals surface area contributed by atoms with E-state index in [4.69, 9.17) is 0 Å². The average Bonchev–Trinajstić information content (AvgIpc) is 2.36. The fourth-order valence-electron chi connectivity index (χ4n) is 1.66.